The van der Waals surface area contributed by atoms with Crippen molar-refractivity contribution in [3.05, 3.63) is 35.9 Å². The van der Waals surface area contributed by atoms with Crippen LogP contribution in [0.1, 0.15) is 39.2 Å². The molecule has 0 aliphatic heterocycles. The molecule has 0 aromatic heterocycles. The molecular weight excluding hydrogens is 342 g/mol. The van der Waals surface area contributed by atoms with E-state index in [0.29, 0.717) is 5.75 Å². The monoisotopic (exact) mass is 367 g/mol. The molecule has 7 heteroatoms. The first-order valence-electron chi connectivity index (χ1n) is 8.03. The van der Waals surface area contributed by atoms with Crippen molar-refractivity contribution in [2.24, 2.45) is 0 Å². The molecule has 1 amide bonds. The van der Waals surface area contributed by atoms with Crippen LogP contribution in [0.4, 0.5) is 4.79 Å². The van der Waals surface area contributed by atoms with Crippen molar-refractivity contribution in [2.45, 2.75) is 51.0 Å². The molecule has 0 fully saturated rings. The minimum absolute atomic E-state index is 0.0824. The van der Waals surface area contributed by atoms with Gasteiger partial charge in [-0.25, -0.2) is 4.79 Å². The number of rotatable bonds is 9. The molecule has 1 atom stereocenters. The van der Waals surface area contributed by atoms with Crippen molar-refractivity contribution in [1.29, 1.82) is 0 Å². The highest BCUT2D eigenvalue weighted by Gasteiger charge is 2.24. The molecule has 0 saturated heterocycles. The van der Waals surface area contributed by atoms with E-state index in [1.165, 1.54) is 11.8 Å². The minimum Gasteiger partial charge on any atom is -0.481 e. The van der Waals surface area contributed by atoms with Crippen LogP contribution in [0, 0.1) is 0 Å². The van der Waals surface area contributed by atoms with Crippen LogP contribution in [-0.4, -0.2) is 39.5 Å². The van der Waals surface area contributed by atoms with E-state index in [1.807, 2.05) is 51.1 Å². The van der Waals surface area contributed by atoms with Gasteiger partial charge in [0.05, 0.1) is 12.5 Å². The molecule has 0 heterocycles. The molecule has 0 aliphatic carbocycles. The molecular formula is C18H25NO5S. The number of alkyl carbamates (subject to hydrolysis) is 1. The Morgan fingerprint density at radius 2 is 1.80 bits per heavy atom. The van der Waals surface area contributed by atoms with Gasteiger partial charge in [-0.3, -0.25) is 9.59 Å². The Morgan fingerprint density at radius 1 is 1.16 bits per heavy atom. The fraction of sp³-hybridized carbons (Fsp3) is 0.500. The highest BCUT2D eigenvalue weighted by Crippen LogP contribution is 2.24. The smallest absolute Gasteiger partial charge is 0.408 e. The minimum atomic E-state index is -1.04. The van der Waals surface area contributed by atoms with Crippen molar-refractivity contribution < 1.29 is 24.2 Å². The Balaban J connectivity index is 2.59. The van der Waals surface area contributed by atoms with E-state index in [-0.39, 0.29) is 30.0 Å². The number of benzene rings is 1. The summed E-state index contributed by atoms with van der Waals surface area (Å²) in [6, 6.07) is 8.44. The van der Waals surface area contributed by atoms with Gasteiger partial charge in [0.1, 0.15) is 6.61 Å². The predicted molar refractivity (Wildman–Crippen MR) is 97.6 cm³/mol. The van der Waals surface area contributed by atoms with Crippen LogP contribution in [0.15, 0.2) is 30.3 Å². The number of nitrogens with one attached hydrogen (secondary N) is 1. The van der Waals surface area contributed by atoms with Gasteiger partial charge in [0.2, 0.25) is 0 Å². The summed E-state index contributed by atoms with van der Waals surface area (Å²) >= 11 is 1.52. The van der Waals surface area contributed by atoms with E-state index in [4.69, 9.17) is 9.84 Å². The fourth-order valence-electron chi connectivity index (χ4n) is 1.86. The van der Waals surface area contributed by atoms with E-state index in [1.54, 1.807) is 0 Å². The number of hydrogen-bond donors (Lipinski definition) is 2. The highest BCUT2D eigenvalue weighted by molar-refractivity contribution is 8.00. The number of ether oxygens (including phenoxy) is 1. The summed E-state index contributed by atoms with van der Waals surface area (Å²) in [5.41, 5.74) is 0.843. The molecule has 6 nitrogen and oxygen atoms in total. The van der Waals surface area contributed by atoms with Crippen LogP contribution in [0.25, 0.3) is 0 Å². The molecule has 0 unspecified atom stereocenters. The Morgan fingerprint density at radius 3 is 2.36 bits per heavy atom. The summed E-state index contributed by atoms with van der Waals surface area (Å²) in [6.07, 6.45) is -1.06. The van der Waals surface area contributed by atoms with Crippen LogP contribution in [-0.2, 0) is 20.9 Å². The van der Waals surface area contributed by atoms with Gasteiger partial charge in [0, 0.05) is 16.9 Å². The van der Waals surface area contributed by atoms with Gasteiger partial charge in [-0.05, 0) is 5.56 Å². The van der Waals surface area contributed by atoms with Crippen LogP contribution in [0.3, 0.4) is 0 Å². The lowest BCUT2D eigenvalue weighted by atomic mass is 10.1. The summed E-state index contributed by atoms with van der Waals surface area (Å²) in [7, 11) is 0. The number of carboxylic acid groups (broad SMARTS) is 1. The number of carboxylic acids is 1. The summed E-state index contributed by atoms with van der Waals surface area (Å²) in [5, 5.41) is 11.3. The first-order chi connectivity index (χ1) is 11.7. The summed E-state index contributed by atoms with van der Waals surface area (Å²) in [6.45, 7) is 6.12. The summed E-state index contributed by atoms with van der Waals surface area (Å²) in [4.78, 5) is 34.9. The maximum Gasteiger partial charge on any atom is 0.408 e. The molecule has 2 N–H and O–H groups in total. The van der Waals surface area contributed by atoms with E-state index < -0.39 is 18.1 Å². The number of ketones is 1. The van der Waals surface area contributed by atoms with Gasteiger partial charge < -0.3 is 15.2 Å². The van der Waals surface area contributed by atoms with Gasteiger partial charge in [0.25, 0.3) is 0 Å². The average Bonchev–Trinajstić information content (AvgIpc) is 2.54. The fourth-order valence-corrected chi connectivity index (χ4v) is 2.80. The maximum atomic E-state index is 12.2. The predicted octanol–water partition coefficient (Wildman–Crippen LogP) is 3.25. The molecule has 0 radical (unpaired) electrons. The van der Waals surface area contributed by atoms with Gasteiger partial charge in [-0.1, -0.05) is 51.1 Å². The lowest BCUT2D eigenvalue weighted by molar-refractivity contribution is -0.138. The quantitative estimate of drug-likeness (QED) is 0.696. The normalized spacial score (nSPS) is 12.3. The molecule has 1 aromatic rings. The zero-order chi connectivity index (χ0) is 18.9. The van der Waals surface area contributed by atoms with Crippen molar-refractivity contribution in [3.63, 3.8) is 0 Å². The molecule has 1 aromatic carbocycles. The third-order valence-electron chi connectivity index (χ3n) is 3.16. The standard InChI is InChI=1S/C18H25NO5S/c1-18(2,3)25-12-14(15(20)9-10-16(21)22)19-17(23)24-11-13-7-5-4-6-8-13/h4-8,14H,9-12H2,1-3H3,(H,19,23)(H,21,22)/t14-/m0/s1. The van der Waals surface area contributed by atoms with E-state index >= 15 is 0 Å². The van der Waals surface area contributed by atoms with Crippen LogP contribution in [0.2, 0.25) is 0 Å². The second-order valence-corrected chi connectivity index (χ2v) is 8.39. The Bertz CT molecular complexity index is 583. The van der Waals surface area contributed by atoms with Gasteiger partial charge in [0.15, 0.2) is 5.78 Å². The van der Waals surface area contributed by atoms with E-state index in [0.717, 1.165) is 5.56 Å². The molecule has 138 valence electrons. The number of amides is 1. The SMILES string of the molecule is CC(C)(C)SC[C@H](NC(=O)OCc1ccccc1)C(=O)CCC(=O)O. The molecule has 0 bridgehead atoms. The first kappa shape index (κ1) is 21.0. The molecule has 1 rings (SSSR count). The number of aliphatic carboxylic acids is 1. The highest BCUT2D eigenvalue weighted by atomic mass is 32.2. The van der Waals surface area contributed by atoms with Crippen molar-refractivity contribution in [2.75, 3.05) is 5.75 Å². The third kappa shape index (κ3) is 9.76. The van der Waals surface area contributed by atoms with Gasteiger partial charge in [-0.2, -0.15) is 11.8 Å². The molecule has 0 aliphatic rings. The Labute approximate surface area is 152 Å². The molecule has 0 saturated carbocycles. The number of carbonyl (C=O) groups is 3. The van der Waals surface area contributed by atoms with Crippen molar-refractivity contribution in [1.82, 2.24) is 5.32 Å². The van der Waals surface area contributed by atoms with Gasteiger partial charge >= 0.3 is 12.1 Å². The average molecular weight is 367 g/mol. The lowest BCUT2D eigenvalue weighted by Crippen LogP contribution is -2.43. The van der Waals surface area contributed by atoms with Gasteiger partial charge in [-0.15, -0.1) is 0 Å². The van der Waals surface area contributed by atoms with Crippen molar-refractivity contribution in [3.8, 4) is 0 Å². The number of thioether (sulfide) groups is 1. The summed E-state index contributed by atoms with van der Waals surface area (Å²) in [5.74, 6) is -0.986. The van der Waals surface area contributed by atoms with Crippen LogP contribution >= 0.6 is 11.8 Å². The zero-order valence-corrected chi connectivity index (χ0v) is 15.6. The second kappa shape index (κ2) is 10.1. The topological polar surface area (TPSA) is 92.7 Å². The Kier molecular flexibility index (Phi) is 8.48. The lowest BCUT2D eigenvalue weighted by Gasteiger charge is -2.23. The molecule has 25 heavy (non-hydrogen) atoms. The van der Waals surface area contributed by atoms with Crippen LogP contribution < -0.4 is 5.32 Å². The molecule has 0 spiro atoms. The zero-order valence-electron chi connectivity index (χ0n) is 14.8. The number of carbonyl (C=O) groups excluding carboxylic acids is 2. The first-order valence-corrected chi connectivity index (χ1v) is 9.01. The maximum absolute atomic E-state index is 12.2. The van der Waals surface area contributed by atoms with E-state index in [2.05, 4.69) is 5.32 Å². The second-order valence-electron chi connectivity index (χ2n) is 6.54. The van der Waals surface area contributed by atoms with Crippen molar-refractivity contribution >= 4 is 29.6 Å². The summed E-state index contributed by atoms with van der Waals surface area (Å²) < 4.78 is 5.06. The Hall–Kier alpha value is -2.02. The largest absolute Gasteiger partial charge is 0.481 e. The van der Waals surface area contributed by atoms with E-state index in [9.17, 15) is 14.4 Å². The third-order valence-corrected chi connectivity index (χ3v) is 4.53. The van der Waals surface area contributed by atoms with Crippen LogP contribution in [0.5, 0.6) is 0 Å². The number of Topliss-reactive ketones (excluding diaryl/α,β-unsaturated/α-hetero) is 1. The number of hydrogen-bond acceptors (Lipinski definition) is 5.